The van der Waals surface area contributed by atoms with E-state index in [0.29, 0.717) is 17.2 Å². The van der Waals surface area contributed by atoms with Crippen LogP contribution in [-0.2, 0) is 0 Å². The number of ether oxygens (including phenoxy) is 3. The van der Waals surface area contributed by atoms with Gasteiger partial charge in [0, 0.05) is 17.2 Å². The SMILES string of the molecule is COc1cc(OC)c(C(N)c2ccoc2)cc1OC. The molecule has 0 saturated heterocycles. The molecule has 2 aromatic rings. The summed E-state index contributed by atoms with van der Waals surface area (Å²) in [7, 11) is 4.75. The van der Waals surface area contributed by atoms with Gasteiger partial charge < -0.3 is 24.4 Å². The Hall–Kier alpha value is -2.14. The normalized spacial score (nSPS) is 12.0. The third kappa shape index (κ3) is 2.51. The average molecular weight is 263 g/mol. The zero-order valence-electron chi connectivity index (χ0n) is 11.2. The number of hydrogen-bond acceptors (Lipinski definition) is 5. The minimum atomic E-state index is -0.353. The van der Waals surface area contributed by atoms with E-state index in [1.54, 1.807) is 39.9 Å². The van der Waals surface area contributed by atoms with E-state index in [1.807, 2.05) is 12.1 Å². The Bertz CT molecular complexity index is 537. The van der Waals surface area contributed by atoms with E-state index in [2.05, 4.69) is 0 Å². The number of nitrogens with two attached hydrogens (primary N) is 1. The van der Waals surface area contributed by atoms with Gasteiger partial charge in [-0.15, -0.1) is 0 Å². The fourth-order valence-electron chi connectivity index (χ4n) is 1.93. The van der Waals surface area contributed by atoms with Crippen molar-refractivity contribution in [3.8, 4) is 17.2 Å². The molecule has 5 heteroatoms. The Kier molecular flexibility index (Phi) is 3.97. The summed E-state index contributed by atoms with van der Waals surface area (Å²) in [6, 6.07) is 5.04. The van der Waals surface area contributed by atoms with Crippen LogP contribution in [0.5, 0.6) is 17.2 Å². The van der Waals surface area contributed by atoms with Gasteiger partial charge in [0.1, 0.15) is 5.75 Å². The second-order valence-electron chi connectivity index (χ2n) is 3.98. The van der Waals surface area contributed by atoms with E-state index in [9.17, 15) is 0 Å². The van der Waals surface area contributed by atoms with Gasteiger partial charge in [0.2, 0.25) is 0 Å². The van der Waals surface area contributed by atoms with Gasteiger partial charge in [-0.25, -0.2) is 0 Å². The van der Waals surface area contributed by atoms with E-state index < -0.39 is 0 Å². The summed E-state index contributed by atoms with van der Waals surface area (Å²) in [6.07, 6.45) is 3.20. The fraction of sp³-hybridized carbons (Fsp3) is 0.286. The predicted octanol–water partition coefficient (Wildman–Crippen LogP) is 2.35. The summed E-state index contributed by atoms with van der Waals surface area (Å²) in [5.74, 6) is 1.85. The third-order valence-corrected chi connectivity index (χ3v) is 2.97. The van der Waals surface area contributed by atoms with Crippen molar-refractivity contribution in [1.82, 2.24) is 0 Å². The van der Waals surface area contributed by atoms with Gasteiger partial charge in [0.25, 0.3) is 0 Å². The highest BCUT2D eigenvalue weighted by molar-refractivity contribution is 5.53. The van der Waals surface area contributed by atoms with E-state index in [1.165, 1.54) is 0 Å². The van der Waals surface area contributed by atoms with Crippen LogP contribution in [0.25, 0.3) is 0 Å². The molecule has 0 aliphatic carbocycles. The molecule has 102 valence electrons. The smallest absolute Gasteiger partial charge is 0.164 e. The summed E-state index contributed by atoms with van der Waals surface area (Å²) in [5.41, 5.74) is 7.89. The predicted molar refractivity (Wildman–Crippen MR) is 70.8 cm³/mol. The summed E-state index contributed by atoms with van der Waals surface area (Å²) in [4.78, 5) is 0. The molecule has 0 amide bonds. The molecule has 0 saturated carbocycles. The van der Waals surface area contributed by atoms with E-state index in [4.69, 9.17) is 24.4 Å². The quantitative estimate of drug-likeness (QED) is 0.897. The summed E-state index contributed by atoms with van der Waals surface area (Å²) >= 11 is 0. The van der Waals surface area contributed by atoms with Crippen LogP contribution in [-0.4, -0.2) is 21.3 Å². The van der Waals surface area contributed by atoms with Gasteiger partial charge in [-0.3, -0.25) is 0 Å². The van der Waals surface area contributed by atoms with Crippen LogP contribution < -0.4 is 19.9 Å². The Labute approximate surface area is 111 Å². The lowest BCUT2D eigenvalue weighted by Gasteiger charge is -2.17. The number of rotatable bonds is 5. The minimum Gasteiger partial charge on any atom is -0.496 e. The largest absolute Gasteiger partial charge is 0.496 e. The topological polar surface area (TPSA) is 66.9 Å². The molecule has 2 rings (SSSR count). The molecule has 2 N–H and O–H groups in total. The highest BCUT2D eigenvalue weighted by Crippen LogP contribution is 2.38. The highest BCUT2D eigenvalue weighted by Gasteiger charge is 2.19. The Morgan fingerprint density at radius 1 is 1.00 bits per heavy atom. The molecule has 1 unspecified atom stereocenters. The van der Waals surface area contributed by atoms with Crippen molar-refractivity contribution in [2.45, 2.75) is 6.04 Å². The van der Waals surface area contributed by atoms with Crippen LogP contribution in [0.2, 0.25) is 0 Å². The number of benzene rings is 1. The first kappa shape index (κ1) is 13.3. The molecule has 1 aromatic heterocycles. The van der Waals surface area contributed by atoms with Crippen molar-refractivity contribution >= 4 is 0 Å². The number of methoxy groups -OCH3 is 3. The maximum Gasteiger partial charge on any atom is 0.164 e. The van der Waals surface area contributed by atoms with Gasteiger partial charge in [0.15, 0.2) is 11.5 Å². The van der Waals surface area contributed by atoms with Gasteiger partial charge in [-0.05, 0) is 12.1 Å². The van der Waals surface area contributed by atoms with Crippen molar-refractivity contribution in [2.75, 3.05) is 21.3 Å². The lowest BCUT2D eigenvalue weighted by molar-refractivity contribution is 0.347. The van der Waals surface area contributed by atoms with E-state index >= 15 is 0 Å². The maximum atomic E-state index is 6.22. The van der Waals surface area contributed by atoms with Crippen molar-refractivity contribution in [1.29, 1.82) is 0 Å². The van der Waals surface area contributed by atoms with Crippen molar-refractivity contribution < 1.29 is 18.6 Å². The first-order valence-corrected chi connectivity index (χ1v) is 5.78. The molecule has 0 radical (unpaired) electrons. The zero-order valence-corrected chi connectivity index (χ0v) is 11.2. The van der Waals surface area contributed by atoms with Gasteiger partial charge in [-0.2, -0.15) is 0 Å². The van der Waals surface area contributed by atoms with Crippen molar-refractivity contribution in [3.05, 3.63) is 41.9 Å². The monoisotopic (exact) mass is 263 g/mol. The van der Waals surface area contributed by atoms with Crippen LogP contribution in [0.15, 0.2) is 35.1 Å². The summed E-state index contributed by atoms with van der Waals surface area (Å²) < 4.78 is 20.9. The first-order chi connectivity index (χ1) is 9.21. The Morgan fingerprint density at radius 2 is 1.63 bits per heavy atom. The standard InChI is InChI=1S/C14H17NO4/c1-16-11-7-13(18-3)12(17-2)6-10(11)14(15)9-4-5-19-8-9/h4-8,14H,15H2,1-3H3. The highest BCUT2D eigenvalue weighted by atomic mass is 16.5. The number of furan rings is 1. The van der Waals surface area contributed by atoms with Crippen LogP contribution >= 0.6 is 0 Å². The molecule has 0 spiro atoms. The summed E-state index contributed by atoms with van der Waals surface area (Å²) in [5, 5.41) is 0. The molecular weight excluding hydrogens is 246 g/mol. The van der Waals surface area contributed by atoms with Crippen LogP contribution in [0, 0.1) is 0 Å². The van der Waals surface area contributed by atoms with Crippen molar-refractivity contribution in [2.24, 2.45) is 5.73 Å². The molecule has 0 aliphatic heterocycles. The summed E-state index contributed by atoms with van der Waals surface area (Å²) in [6.45, 7) is 0. The first-order valence-electron chi connectivity index (χ1n) is 5.78. The second kappa shape index (κ2) is 5.67. The zero-order chi connectivity index (χ0) is 13.8. The van der Waals surface area contributed by atoms with E-state index in [0.717, 1.165) is 11.1 Å². The molecule has 1 aromatic carbocycles. The molecule has 0 bridgehead atoms. The van der Waals surface area contributed by atoms with E-state index in [-0.39, 0.29) is 6.04 Å². The third-order valence-electron chi connectivity index (χ3n) is 2.97. The Balaban J connectivity index is 2.49. The lowest BCUT2D eigenvalue weighted by Crippen LogP contribution is -2.12. The molecule has 5 nitrogen and oxygen atoms in total. The second-order valence-corrected chi connectivity index (χ2v) is 3.98. The molecule has 1 heterocycles. The fourth-order valence-corrected chi connectivity index (χ4v) is 1.93. The Morgan fingerprint density at radius 3 is 2.16 bits per heavy atom. The molecular formula is C14H17NO4. The average Bonchev–Trinajstić information content (AvgIpc) is 2.99. The van der Waals surface area contributed by atoms with Crippen LogP contribution in [0.4, 0.5) is 0 Å². The van der Waals surface area contributed by atoms with Crippen molar-refractivity contribution in [3.63, 3.8) is 0 Å². The molecule has 19 heavy (non-hydrogen) atoms. The minimum absolute atomic E-state index is 0.353. The molecule has 0 fully saturated rings. The maximum absolute atomic E-state index is 6.22. The molecule has 0 aliphatic rings. The van der Waals surface area contributed by atoms with Crippen LogP contribution in [0.3, 0.4) is 0 Å². The number of hydrogen-bond donors (Lipinski definition) is 1. The van der Waals surface area contributed by atoms with Gasteiger partial charge >= 0.3 is 0 Å². The molecule has 1 atom stereocenters. The lowest BCUT2D eigenvalue weighted by atomic mass is 10.0. The van der Waals surface area contributed by atoms with Crippen LogP contribution in [0.1, 0.15) is 17.2 Å². The van der Waals surface area contributed by atoms with Gasteiger partial charge in [0.05, 0.1) is 39.9 Å². The van der Waals surface area contributed by atoms with Gasteiger partial charge in [-0.1, -0.05) is 0 Å².